The third kappa shape index (κ3) is 39.3. The molecule has 1 fully saturated rings. The van der Waals surface area contributed by atoms with E-state index in [2.05, 4.69) is 13.8 Å². The highest BCUT2D eigenvalue weighted by Gasteiger charge is 2.44. The van der Waals surface area contributed by atoms with Crippen LogP contribution in [0.4, 0.5) is 0 Å². The van der Waals surface area contributed by atoms with Crippen molar-refractivity contribution in [2.24, 2.45) is 0 Å². The fourth-order valence-electron chi connectivity index (χ4n) is 9.61. The molecular formula is C58H112O10. The Morgan fingerprint density at radius 3 is 1.00 bits per heavy atom. The Bertz CT molecular complexity index is 1070. The van der Waals surface area contributed by atoms with E-state index in [4.69, 9.17) is 18.9 Å². The molecule has 0 aromatic heterocycles. The minimum atomic E-state index is -1.59. The summed E-state index contributed by atoms with van der Waals surface area (Å²) < 4.78 is 22.3. The molecule has 0 amide bonds. The number of aliphatic hydroxyl groups is 4. The van der Waals surface area contributed by atoms with E-state index < -0.39 is 49.4 Å². The van der Waals surface area contributed by atoms with Crippen LogP contribution < -0.4 is 0 Å². The molecule has 0 aliphatic carbocycles. The lowest BCUT2D eigenvalue weighted by Crippen LogP contribution is -2.59. The van der Waals surface area contributed by atoms with Crippen molar-refractivity contribution in [2.75, 3.05) is 19.8 Å². The lowest BCUT2D eigenvalue weighted by Gasteiger charge is -2.39. The van der Waals surface area contributed by atoms with Crippen molar-refractivity contribution in [3.05, 3.63) is 0 Å². The van der Waals surface area contributed by atoms with Crippen molar-refractivity contribution in [1.29, 1.82) is 0 Å². The first kappa shape index (κ1) is 64.7. The van der Waals surface area contributed by atoms with Gasteiger partial charge < -0.3 is 39.4 Å². The normalized spacial score (nSPS) is 18.8. The van der Waals surface area contributed by atoms with Gasteiger partial charge in [-0.05, 0) is 12.8 Å². The maximum Gasteiger partial charge on any atom is 0.306 e. The van der Waals surface area contributed by atoms with Gasteiger partial charge >= 0.3 is 11.9 Å². The molecule has 68 heavy (non-hydrogen) atoms. The first-order valence-corrected chi connectivity index (χ1v) is 29.6. The Balaban J connectivity index is 2.17. The van der Waals surface area contributed by atoms with E-state index in [1.165, 1.54) is 238 Å². The van der Waals surface area contributed by atoms with Crippen LogP contribution in [0.3, 0.4) is 0 Å². The van der Waals surface area contributed by atoms with Gasteiger partial charge in [-0.3, -0.25) is 9.59 Å². The van der Waals surface area contributed by atoms with Gasteiger partial charge in [0, 0.05) is 12.8 Å². The van der Waals surface area contributed by atoms with Crippen LogP contribution in [-0.4, -0.2) is 89.0 Å². The lowest BCUT2D eigenvalue weighted by molar-refractivity contribution is -0.305. The zero-order valence-corrected chi connectivity index (χ0v) is 44.6. The highest BCUT2D eigenvalue weighted by Crippen LogP contribution is 2.23. The van der Waals surface area contributed by atoms with Crippen LogP contribution in [0.15, 0.2) is 0 Å². The summed E-state index contributed by atoms with van der Waals surface area (Å²) in [7, 11) is 0. The maximum atomic E-state index is 12.9. The third-order valence-corrected chi connectivity index (χ3v) is 14.2. The van der Waals surface area contributed by atoms with Crippen LogP contribution >= 0.6 is 0 Å². The Kier molecular flexibility index (Phi) is 46.9. The van der Waals surface area contributed by atoms with E-state index in [0.29, 0.717) is 6.42 Å². The van der Waals surface area contributed by atoms with Gasteiger partial charge in [-0.2, -0.15) is 0 Å². The molecule has 1 aliphatic rings. The molecule has 1 aliphatic heterocycles. The summed E-state index contributed by atoms with van der Waals surface area (Å²) in [5.41, 5.74) is 0. The Morgan fingerprint density at radius 2 is 0.691 bits per heavy atom. The van der Waals surface area contributed by atoms with E-state index >= 15 is 0 Å². The topological polar surface area (TPSA) is 152 Å². The number of ether oxygens (including phenoxy) is 4. The summed E-state index contributed by atoms with van der Waals surface area (Å²) in [5.74, 6) is -0.780. The van der Waals surface area contributed by atoms with Crippen molar-refractivity contribution in [1.82, 2.24) is 0 Å². The first-order chi connectivity index (χ1) is 33.3. The number of carbonyl (C=O) groups is 2. The number of aliphatic hydroxyl groups excluding tert-OH is 4. The number of hydrogen-bond acceptors (Lipinski definition) is 10. The molecule has 10 heteroatoms. The van der Waals surface area contributed by atoms with Crippen molar-refractivity contribution in [2.45, 2.75) is 340 Å². The standard InChI is InChI=1S/C58H112O10/c1-3-5-7-9-11-13-15-17-19-21-23-25-26-27-29-31-33-35-37-39-41-43-45-47-54(61)67-51(50-66-58-57(64)56(63)55(62)52(48-59)68-58)49-65-53(60)46-44-42-40-38-36-34-32-30-28-24-22-20-18-16-14-12-10-8-6-4-2/h51-52,55-59,62-64H,3-50H2,1-2H3/t51-,52-,55+,56?,57?,58-/m1/s1. The quantitative estimate of drug-likeness (QED) is 0.0342. The van der Waals surface area contributed by atoms with E-state index in [0.717, 1.165) is 32.1 Å². The number of hydrogen-bond donors (Lipinski definition) is 4. The summed E-state index contributed by atoms with van der Waals surface area (Å²) in [6.45, 7) is 3.51. The summed E-state index contributed by atoms with van der Waals surface area (Å²) in [6.07, 6.45) is 48.4. The molecular weight excluding hydrogens is 857 g/mol. The molecule has 0 aromatic rings. The minimum absolute atomic E-state index is 0.208. The average Bonchev–Trinajstić information content (AvgIpc) is 3.34. The van der Waals surface area contributed by atoms with Gasteiger partial charge in [-0.25, -0.2) is 0 Å². The largest absolute Gasteiger partial charge is 0.462 e. The van der Waals surface area contributed by atoms with Gasteiger partial charge in [0.25, 0.3) is 0 Å². The van der Waals surface area contributed by atoms with Crippen LogP contribution in [0.25, 0.3) is 0 Å². The van der Waals surface area contributed by atoms with E-state index in [1.807, 2.05) is 0 Å². The second-order valence-corrected chi connectivity index (χ2v) is 20.8. The molecule has 0 radical (unpaired) electrons. The average molecular weight is 970 g/mol. The van der Waals surface area contributed by atoms with Gasteiger partial charge in [0.05, 0.1) is 13.2 Å². The van der Waals surface area contributed by atoms with Crippen molar-refractivity contribution >= 4 is 11.9 Å². The molecule has 1 heterocycles. The van der Waals surface area contributed by atoms with Crippen LogP contribution in [-0.2, 0) is 28.5 Å². The molecule has 0 saturated carbocycles. The molecule has 0 bridgehead atoms. The molecule has 6 atom stereocenters. The summed E-state index contributed by atoms with van der Waals surface area (Å²) in [4.78, 5) is 25.6. The molecule has 0 aromatic carbocycles. The smallest absolute Gasteiger partial charge is 0.306 e. The Morgan fingerprint density at radius 1 is 0.397 bits per heavy atom. The highest BCUT2D eigenvalue weighted by atomic mass is 16.7. The molecule has 2 unspecified atom stereocenters. The SMILES string of the molecule is CCCCCCCCCCCCCCCCCCCCCCCCCC(=O)O[C@H](COC(=O)CCCCCCCCCCCCCCCCCCCCCC)CO[C@@H]1O[C@H](CO)[C@H](O)C(O)C1O. The first-order valence-electron chi connectivity index (χ1n) is 29.6. The van der Waals surface area contributed by atoms with E-state index in [9.17, 15) is 30.0 Å². The number of esters is 2. The van der Waals surface area contributed by atoms with Crippen molar-refractivity contribution in [3.63, 3.8) is 0 Å². The predicted octanol–water partition coefficient (Wildman–Crippen LogP) is 14.9. The number of carbonyl (C=O) groups excluding carboxylic acids is 2. The number of unbranched alkanes of at least 4 members (excludes halogenated alkanes) is 41. The fraction of sp³-hybridized carbons (Fsp3) is 0.966. The predicted molar refractivity (Wildman–Crippen MR) is 280 cm³/mol. The van der Waals surface area contributed by atoms with Crippen LogP contribution in [0.2, 0.25) is 0 Å². The van der Waals surface area contributed by atoms with Gasteiger partial charge in [-0.15, -0.1) is 0 Å². The molecule has 404 valence electrons. The molecule has 0 spiro atoms. The minimum Gasteiger partial charge on any atom is -0.462 e. The molecule has 10 nitrogen and oxygen atoms in total. The van der Waals surface area contributed by atoms with Gasteiger partial charge in [0.2, 0.25) is 0 Å². The van der Waals surface area contributed by atoms with Gasteiger partial charge in [0.15, 0.2) is 12.4 Å². The Hall–Kier alpha value is -1.30. The second-order valence-electron chi connectivity index (χ2n) is 20.8. The zero-order chi connectivity index (χ0) is 49.4. The second kappa shape index (κ2) is 49.3. The summed E-state index contributed by atoms with van der Waals surface area (Å²) in [5, 5.41) is 40.3. The lowest BCUT2D eigenvalue weighted by atomic mass is 9.99. The summed E-state index contributed by atoms with van der Waals surface area (Å²) >= 11 is 0. The van der Waals surface area contributed by atoms with Gasteiger partial charge in [-0.1, -0.05) is 277 Å². The fourth-order valence-corrected chi connectivity index (χ4v) is 9.61. The van der Waals surface area contributed by atoms with Crippen molar-refractivity contribution in [3.8, 4) is 0 Å². The molecule has 1 saturated heterocycles. The molecule has 4 N–H and O–H groups in total. The van der Waals surface area contributed by atoms with Crippen LogP contribution in [0.5, 0.6) is 0 Å². The summed E-state index contributed by atoms with van der Waals surface area (Å²) in [6, 6.07) is 0. The van der Waals surface area contributed by atoms with Gasteiger partial charge in [0.1, 0.15) is 31.0 Å². The van der Waals surface area contributed by atoms with E-state index in [-0.39, 0.29) is 32.0 Å². The van der Waals surface area contributed by atoms with E-state index in [1.54, 1.807) is 0 Å². The highest BCUT2D eigenvalue weighted by molar-refractivity contribution is 5.70. The zero-order valence-electron chi connectivity index (χ0n) is 44.6. The maximum absolute atomic E-state index is 12.9. The van der Waals surface area contributed by atoms with Crippen LogP contribution in [0.1, 0.15) is 303 Å². The number of rotatable bonds is 52. The van der Waals surface area contributed by atoms with Crippen molar-refractivity contribution < 1.29 is 49.0 Å². The Labute approximate surface area is 418 Å². The monoisotopic (exact) mass is 969 g/mol. The third-order valence-electron chi connectivity index (χ3n) is 14.2. The molecule has 1 rings (SSSR count). The van der Waals surface area contributed by atoms with Crippen LogP contribution in [0, 0.1) is 0 Å².